The van der Waals surface area contributed by atoms with Gasteiger partial charge in [-0.3, -0.25) is 9.10 Å². The number of hydrogen-bond acceptors (Lipinski definition) is 5. The summed E-state index contributed by atoms with van der Waals surface area (Å²) in [5.74, 6) is 0.332. The van der Waals surface area contributed by atoms with E-state index in [4.69, 9.17) is 21.1 Å². The fraction of sp³-hybridized carbons (Fsp3) is 0.278. The maximum absolute atomic E-state index is 12.7. The lowest BCUT2D eigenvalue weighted by Crippen LogP contribution is -2.45. The highest BCUT2D eigenvalue weighted by Gasteiger charge is 2.31. The molecule has 1 amide bonds. The van der Waals surface area contributed by atoms with Crippen LogP contribution in [0, 0.1) is 0 Å². The van der Waals surface area contributed by atoms with Gasteiger partial charge in [-0.1, -0.05) is 17.7 Å². The van der Waals surface area contributed by atoms with Crippen LogP contribution in [0.25, 0.3) is 0 Å². The molecular formula is C18H21ClN2O5S. The Balaban J connectivity index is 2.39. The smallest absolute Gasteiger partial charge is 0.247 e. The average molecular weight is 413 g/mol. The molecule has 0 bridgehead atoms. The Morgan fingerprint density at radius 2 is 1.85 bits per heavy atom. The van der Waals surface area contributed by atoms with Crippen LogP contribution in [0.3, 0.4) is 0 Å². The van der Waals surface area contributed by atoms with Crippen LogP contribution < -0.4 is 19.1 Å². The van der Waals surface area contributed by atoms with Gasteiger partial charge in [0.25, 0.3) is 0 Å². The Labute approximate surface area is 163 Å². The van der Waals surface area contributed by atoms with Crippen LogP contribution in [-0.4, -0.2) is 40.8 Å². The SMILES string of the molecule is COc1cccc(NC(=O)C(C)N(c2cc(Cl)ccc2OC)S(C)(=O)=O)c1. The number of sulfonamides is 1. The van der Waals surface area contributed by atoms with Gasteiger partial charge in [0.1, 0.15) is 17.5 Å². The van der Waals surface area contributed by atoms with Crippen LogP contribution in [0.4, 0.5) is 11.4 Å². The van der Waals surface area contributed by atoms with Crippen molar-refractivity contribution in [3.8, 4) is 11.5 Å². The quantitative estimate of drug-likeness (QED) is 0.755. The Kier molecular flexibility index (Phi) is 6.56. The van der Waals surface area contributed by atoms with Crippen LogP contribution in [-0.2, 0) is 14.8 Å². The van der Waals surface area contributed by atoms with Gasteiger partial charge < -0.3 is 14.8 Å². The molecule has 1 N–H and O–H groups in total. The van der Waals surface area contributed by atoms with E-state index >= 15 is 0 Å². The first-order valence-corrected chi connectivity index (χ1v) is 10.2. The molecule has 7 nitrogen and oxygen atoms in total. The molecule has 0 fully saturated rings. The fourth-order valence-electron chi connectivity index (χ4n) is 2.56. The summed E-state index contributed by atoms with van der Waals surface area (Å²) >= 11 is 6.02. The van der Waals surface area contributed by atoms with Crippen molar-refractivity contribution in [1.29, 1.82) is 0 Å². The summed E-state index contributed by atoms with van der Waals surface area (Å²) in [6.07, 6.45) is 1.02. The van der Waals surface area contributed by atoms with Crippen molar-refractivity contribution < 1.29 is 22.7 Å². The Morgan fingerprint density at radius 3 is 2.44 bits per heavy atom. The second-order valence-corrected chi connectivity index (χ2v) is 8.07. The lowest BCUT2D eigenvalue weighted by Gasteiger charge is -2.29. The summed E-state index contributed by atoms with van der Waals surface area (Å²) in [7, 11) is -0.882. The van der Waals surface area contributed by atoms with Crippen molar-refractivity contribution in [1.82, 2.24) is 0 Å². The number of carbonyl (C=O) groups excluding carboxylic acids is 1. The van der Waals surface area contributed by atoms with Gasteiger partial charge in [-0.15, -0.1) is 0 Å². The zero-order valence-corrected chi connectivity index (χ0v) is 17.0. The normalized spacial score (nSPS) is 12.2. The first kappa shape index (κ1) is 20.9. The lowest BCUT2D eigenvalue weighted by atomic mass is 10.2. The molecule has 0 radical (unpaired) electrons. The molecule has 0 saturated carbocycles. The highest BCUT2D eigenvalue weighted by Crippen LogP contribution is 2.34. The molecule has 0 aliphatic carbocycles. The second-order valence-electron chi connectivity index (χ2n) is 5.77. The van der Waals surface area contributed by atoms with Gasteiger partial charge in [0.05, 0.1) is 26.2 Å². The summed E-state index contributed by atoms with van der Waals surface area (Å²) in [6.45, 7) is 1.48. The molecule has 0 heterocycles. The van der Waals surface area contributed by atoms with Gasteiger partial charge in [-0.25, -0.2) is 8.42 Å². The standard InChI is InChI=1S/C18H21ClN2O5S/c1-12(18(22)20-14-6-5-7-15(11-14)25-2)21(27(4,23)24)16-10-13(19)8-9-17(16)26-3/h5-12H,1-4H3,(H,20,22). The predicted molar refractivity (Wildman–Crippen MR) is 106 cm³/mol. The zero-order valence-electron chi connectivity index (χ0n) is 15.4. The van der Waals surface area contributed by atoms with Crippen LogP contribution >= 0.6 is 11.6 Å². The molecule has 1 atom stereocenters. The molecule has 2 aromatic rings. The van der Waals surface area contributed by atoms with E-state index in [1.54, 1.807) is 36.4 Å². The number of methoxy groups -OCH3 is 2. The third-order valence-electron chi connectivity index (χ3n) is 3.80. The van der Waals surface area contributed by atoms with Crippen molar-refractivity contribution in [2.24, 2.45) is 0 Å². The first-order valence-electron chi connectivity index (χ1n) is 7.95. The number of nitrogens with zero attached hydrogens (tertiary/aromatic N) is 1. The molecule has 9 heteroatoms. The van der Waals surface area contributed by atoms with Gasteiger partial charge in [-0.05, 0) is 37.3 Å². The average Bonchev–Trinajstić information content (AvgIpc) is 2.61. The molecular weight excluding hydrogens is 392 g/mol. The molecule has 0 aromatic heterocycles. The van der Waals surface area contributed by atoms with Gasteiger partial charge >= 0.3 is 0 Å². The van der Waals surface area contributed by atoms with Gasteiger partial charge in [-0.2, -0.15) is 0 Å². The summed E-state index contributed by atoms with van der Waals surface area (Å²) in [4.78, 5) is 12.7. The first-order chi connectivity index (χ1) is 12.7. The van der Waals surface area contributed by atoms with Crippen LogP contribution in [0.15, 0.2) is 42.5 Å². The summed E-state index contributed by atoms with van der Waals surface area (Å²) < 4.78 is 36.2. The molecule has 2 aromatic carbocycles. The van der Waals surface area contributed by atoms with E-state index in [2.05, 4.69) is 5.32 Å². The molecule has 0 aliphatic rings. The highest BCUT2D eigenvalue weighted by molar-refractivity contribution is 7.92. The number of nitrogens with one attached hydrogen (secondary N) is 1. The van der Waals surface area contributed by atoms with Crippen molar-refractivity contribution in [3.63, 3.8) is 0 Å². The largest absolute Gasteiger partial charge is 0.497 e. The minimum atomic E-state index is -3.81. The molecule has 1 unspecified atom stereocenters. The van der Waals surface area contributed by atoms with Gasteiger partial charge in [0, 0.05) is 16.8 Å². The van der Waals surface area contributed by atoms with Gasteiger partial charge in [0.2, 0.25) is 15.9 Å². The Morgan fingerprint density at radius 1 is 1.15 bits per heavy atom. The Bertz CT molecular complexity index is 933. The van der Waals surface area contributed by atoms with E-state index in [-0.39, 0.29) is 11.4 Å². The van der Waals surface area contributed by atoms with Gasteiger partial charge in [0.15, 0.2) is 0 Å². The number of ether oxygens (including phenoxy) is 2. The monoisotopic (exact) mass is 412 g/mol. The molecule has 27 heavy (non-hydrogen) atoms. The number of halogens is 1. The number of anilines is 2. The van der Waals surface area contributed by atoms with Crippen molar-refractivity contribution in [3.05, 3.63) is 47.5 Å². The highest BCUT2D eigenvalue weighted by atomic mass is 35.5. The number of carbonyl (C=O) groups is 1. The van der Waals surface area contributed by atoms with E-state index in [1.165, 1.54) is 27.2 Å². The van der Waals surface area contributed by atoms with E-state index in [1.807, 2.05) is 0 Å². The predicted octanol–water partition coefficient (Wildman–Crippen LogP) is 3.15. The minimum Gasteiger partial charge on any atom is -0.497 e. The molecule has 146 valence electrons. The lowest BCUT2D eigenvalue weighted by molar-refractivity contribution is -0.116. The summed E-state index contributed by atoms with van der Waals surface area (Å²) in [5.41, 5.74) is 0.665. The zero-order chi connectivity index (χ0) is 20.2. The maximum Gasteiger partial charge on any atom is 0.247 e. The minimum absolute atomic E-state index is 0.181. The maximum atomic E-state index is 12.7. The fourth-order valence-corrected chi connectivity index (χ4v) is 3.90. The number of rotatable bonds is 7. The topological polar surface area (TPSA) is 84.9 Å². The Hall–Kier alpha value is -2.45. The van der Waals surface area contributed by atoms with E-state index in [9.17, 15) is 13.2 Å². The molecule has 2 rings (SSSR count). The number of hydrogen-bond donors (Lipinski definition) is 1. The second kappa shape index (κ2) is 8.49. The van der Waals surface area contributed by atoms with Crippen molar-refractivity contribution in [2.75, 3.05) is 30.1 Å². The van der Waals surface area contributed by atoms with Crippen LogP contribution in [0.1, 0.15) is 6.92 Å². The number of amides is 1. The summed E-state index contributed by atoms with van der Waals surface area (Å²) in [6, 6.07) is 10.3. The van der Waals surface area contributed by atoms with E-state index < -0.39 is 22.0 Å². The number of benzene rings is 2. The van der Waals surface area contributed by atoms with Crippen molar-refractivity contribution in [2.45, 2.75) is 13.0 Å². The third-order valence-corrected chi connectivity index (χ3v) is 5.27. The summed E-state index contributed by atoms with van der Waals surface area (Å²) in [5, 5.41) is 3.01. The van der Waals surface area contributed by atoms with Crippen LogP contribution in [0.2, 0.25) is 5.02 Å². The molecule has 0 saturated heterocycles. The van der Waals surface area contributed by atoms with E-state index in [0.29, 0.717) is 16.5 Å². The van der Waals surface area contributed by atoms with Crippen molar-refractivity contribution >= 4 is 38.9 Å². The third kappa shape index (κ3) is 5.05. The molecule has 0 spiro atoms. The van der Waals surface area contributed by atoms with E-state index in [0.717, 1.165) is 10.6 Å². The molecule has 0 aliphatic heterocycles. The van der Waals surface area contributed by atoms with Crippen LogP contribution in [0.5, 0.6) is 11.5 Å².